The number of nitrogens with zero attached hydrogens (tertiary/aromatic N) is 1. The molecule has 4 nitrogen and oxygen atoms in total. The summed E-state index contributed by atoms with van der Waals surface area (Å²) in [6, 6.07) is 7.32. The summed E-state index contributed by atoms with van der Waals surface area (Å²) < 4.78 is 23.0. The topological polar surface area (TPSA) is 49.4 Å². The summed E-state index contributed by atoms with van der Waals surface area (Å²) in [6.45, 7) is 4.53. The molecule has 1 atom stereocenters. The first-order valence-corrected chi connectivity index (χ1v) is 9.69. The van der Waals surface area contributed by atoms with Crippen molar-refractivity contribution >= 4 is 15.5 Å². The average molecular weight is 308 g/mol. The maximum absolute atomic E-state index is 11.5. The number of hydrogen-bond acceptors (Lipinski definition) is 4. The summed E-state index contributed by atoms with van der Waals surface area (Å²) in [6.07, 6.45) is 5.08. The van der Waals surface area contributed by atoms with E-state index in [1.165, 1.54) is 38.6 Å². The van der Waals surface area contributed by atoms with E-state index in [-0.39, 0.29) is 0 Å². The minimum absolute atomic E-state index is 0.401. The molecule has 1 aromatic carbocycles. The third-order valence-electron chi connectivity index (χ3n) is 4.93. The van der Waals surface area contributed by atoms with Crippen molar-refractivity contribution in [1.29, 1.82) is 0 Å². The van der Waals surface area contributed by atoms with Crippen LogP contribution in [-0.2, 0) is 9.84 Å². The Morgan fingerprint density at radius 2 is 1.71 bits per heavy atom. The van der Waals surface area contributed by atoms with Gasteiger partial charge in [-0.15, -0.1) is 0 Å². The van der Waals surface area contributed by atoms with Gasteiger partial charge in [0.15, 0.2) is 9.84 Å². The largest absolute Gasteiger partial charge is 0.372 e. The summed E-state index contributed by atoms with van der Waals surface area (Å²) in [7, 11) is -3.10. The van der Waals surface area contributed by atoms with Crippen molar-refractivity contribution in [2.45, 2.75) is 24.2 Å². The molecular weight excluding hydrogens is 284 g/mol. The Balaban J connectivity index is 1.61. The fourth-order valence-electron chi connectivity index (χ4n) is 3.61. The van der Waals surface area contributed by atoms with Gasteiger partial charge in [-0.25, -0.2) is 8.42 Å². The fraction of sp³-hybridized carbons (Fsp3) is 0.625. The Labute approximate surface area is 127 Å². The van der Waals surface area contributed by atoms with E-state index >= 15 is 0 Å². The number of nitrogens with one attached hydrogen (secondary N) is 1. The van der Waals surface area contributed by atoms with Crippen LogP contribution < -0.4 is 10.2 Å². The van der Waals surface area contributed by atoms with Crippen molar-refractivity contribution < 1.29 is 8.42 Å². The highest BCUT2D eigenvalue weighted by Crippen LogP contribution is 2.31. The Kier molecular flexibility index (Phi) is 4.22. The van der Waals surface area contributed by atoms with Crippen LogP contribution in [0.4, 0.5) is 5.69 Å². The van der Waals surface area contributed by atoms with Gasteiger partial charge < -0.3 is 10.2 Å². The van der Waals surface area contributed by atoms with Crippen molar-refractivity contribution in [2.24, 2.45) is 11.8 Å². The van der Waals surface area contributed by atoms with Gasteiger partial charge in [0.2, 0.25) is 0 Å². The summed E-state index contributed by atoms with van der Waals surface area (Å²) in [5.41, 5.74) is 1.14. The van der Waals surface area contributed by atoms with Gasteiger partial charge in [0.1, 0.15) is 0 Å². The van der Waals surface area contributed by atoms with Gasteiger partial charge in [-0.05, 0) is 68.5 Å². The lowest BCUT2D eigenvalue weighted by Crippen LogP contribution is -2.36. The number of rotatable bonds is 3. The Hall–Kier alpha value is -1.07. The zero-order valence-electron chi connectivity index (χ0n) is 12.6. The first kappa shape index (κ1) is 14.9. The molecule has 0 radical (unpaired) electrons. The van der Waals surface area contributed by atoms with Gasteiger partial charge in [-0.2, -0.15) is 0 Å². The molecule has 116 valence electrons. The van der Waals surface area contributed by atoms with E-state index in [1.54, 1.807) is 12.1 Å². The number of piperidine rings is 1. The molecule has 2 aliphatic rings. The summed E-state index contributed by atoms with van der Waals surface area (Å²) in [4.78, 5) is 2.78. The van der Waals surface area contributed by atoms with Crippen molar-refractivity contribution in [3.8, 4) is 0 Å². The van der Waals surface area contributed by atoms with E-state index < -0.39 is 9.84 Å². The highest BCUT2D eigenvalue weighted by Gasteiger charge is 2.28. The maximum atomic E-state index is 11.5. The Bertz CT molecular complexity index is 569. The minimum Gasteiger partial charge on any atom is -0.372 e. The van der Waals surface area contributed by atoms with Crippen molar-refractivity contribution in [3.63, 3.8) is 0 Å². The molecule has 5 heteroatoms. The molecule has 0 bridgehead atoms. The highest BCUT2D eigenvalue weighted by molar-refractivity contribution is 7.90. The van der Waals surface area contributed by atoms with Crippen molar-refractivity contribution in [2.75, 3.05) is 37.3 Å². The van der Waals surface area contributed by atoms with E-state index in [4.69, 9.17) is 0 Å². The van der Waals surface area contributed by atoms with Crippen LogP contribution in [0, 0.1) is 11.8 Å². The summed E-state index contributed by atoms with van der Waals surface area (Å²) in [5, 5.41) is 3.46. The molecule has 0 spiro atoms. The molecule has 1 N–H and O–H groups in total. The lowest BCUT2D eigenvalue weighted by atomic mass is 9.83. The van der Waals surface area contributed by atoms with Crippen LogP contribution in [0.1, 0.15) is 19.3 Å². The zero-order chi connectivity index (χ0) is 14.9. The molecule has 1 aromatic rings. The van der Waals surface area contributed by atoms with E-state index in [2.05, 4.69) is 10.2 Å². The minimum atomic E-state index is -3.10. The van der Waals surface area contributed by atoms with Gasteiger partial charge in [-0.1, -0.05) is 0 Å². The van der Waals surface area contributed by atoms with E-state index in [9.17, 15) is 8.42 Å². The Morgan fingerprint density at radius 3 is 2.24 bits per heavy atom. The highest BCUT2D eigenvalue weighted by atomic mass is 32.2. The third-order valence-corrected chi connectivity index (χ3v) is 6.06. The van der Waals surface area contributed by atoms with Crippen molar-refractivity contribution in [3.05, 3.63) is 24.3 Å². The molecule has 0 saturated carbocycles. The molecule has 2 saturated heterocycles. The van der Waals surface area contributed by atoms with Crippen LogP contribution in [0.15, 0.2) is 29.2 Å². The van der Waals surface area contributed by atoms with Crippen LogP contribution in [0.2, 0.25) is 0 Å². The summed E-state index contributed by atoms with van der Waals surface area (Å²) in [5.74, 6) is 1.71. The van der Waals surface area contributed by atoms with Gasteiger partial charge in [-0.3, -0.25) is 0 Å². The molecular formula is C16H24N2O2S. The molecule has 1 unspecified atom stereocenters. The predicted molar refractivity (Wildman–Crippen MR) is 85.5 cm³/mol. The number of anilines is 1. The smallest absolute Gasteiger partial charge is 0.175 e. The molecule has 21 heavy (non-hydrogen) atoms. The quantitative estimate of drug-likeness (QED) is 0.927. The number of sulfone groups is 1. The number of benzene rings is 1. The Morgan fingerprint density at radius 1 is 1.05 bits per heavy atom. The summed E-state index contributed by atoms with van der Waals surface area (Å²) >= 11 is 0. The second-order valence-electron chi connectivity index (χ2n) is 6.34. The third kappa shape index (κ3) is 3.40. The monoisotopic (exact) mass is 308 g/mol. The van der Waals surface area contributed by atoms with Crippen LogP contribution in [-0.4, -0.2) is 40.9 Å². The molecule has 0 aliphatic carbocycles. The lowest BCUT2D eigenvalue weighted by Gasteiger charge is -2.36. The predicted octanol–water partition coefficient (Wildman–Crippen LogP) is 1.92. The average Bonchev–Trinajstić information content (AvgIpc) is 3.01. The van der Waals surface area contributed by atoms with Gasteiger partial charge >= 0.3 is 0 Å². The van der Waals surface area contributed by atoms with Crippen LogP contribution >= 0.6 is 0 Å². The van der Waals surface area contributed by atoms with Crippen molar-refractivity contribution in [1.82, 2.24) is 5.32 Å². The van der Waals surface area contributed by atoms with Crippen LogP contribution in [0.5, 0.6) is 0 Å². The SMILES string of the molecule is CS(=O)(=O)c1ccc(N2CCC(C3CCNC3)CC2)cc1. The van der Waals surface area contributed by atoms with E-state index in [0.29, 0.717) is 4.90 Å². The van der Waals surface area contributed by atoms with Gasteiger partial charge in [0.05, 0.1) is 4.90 Å². The molecule has 0 aromatic heterocycles. The zero-order valence-corrected chi connectivity index (χ0v) is 13.4. The first-order chi connectivity index (χ1) is 10.0. The van der Waals surface area contributed by atoms with Gasteiger partial charge in [0.25, 0.3) is 0 Å². The normalized spacial score (nSPS) is 24.4. The van der Waals surface area contributed by atoms with E-state index in [1.807, 2.05) is 12.1 Å². The second-order valence-corrected chi connectivity index (χ2v) is 8.36. The standard InChI is InChI=1S/C16H24N2O2S/c1-21(19,20)16-4-2-15(3-5-16)18-10-7-13(8-11-18)14-6-9-17-12-14/h2-5,13-14,17H,6-12H2,1H3. The van der Waals surface area contributed by atoms with E-state index in [0.717, 1.165) is 30.6 Å². The fourth-order valence-corrected chi connectivity index (χ4v) is 4.24. The first-order valence-electron chi connectivity index (χ1n) is 7.80. The molecule has 2 aliphatic heterocycles. The second kappa shape index (κ2) is 5.97. The molecule has 2 heterocycles. The molecule has 3 rings (SSSR count). The maximum Gasteiger partial charge on any atom is 0.175 e. The molecule has 2 fully saturated rings. The van der Waals surface area contributed by atoms with Crippen LogP contribution in [0.25, 0.3) is 0 Å². The van der Waals surface area contributed by atoms with Gasteiger partial charge in [0, 0.05) is 25.0 Å². The molecule has 0 amide bonds. The van der Waals surface area contributed by atoms with Crippen LogP contribution in [0.3, 0.4) is 0 Å². The number of hydrogen-bond donors (Lipinski definition) is 1. The lowest BCUT2D eigenvalue weighted by molar-refractivity contribution is 0.292.